The number of rotatable bonds is 5. The SMILES string of the molecule is C=C(C1=C(/C(F)=C\C)SCC(N)=C1C#N)c1c2c(c3cnc(N4CC5C(C4)C5N(C)C)nc3c1P)COC2. The number of fused-ring (bicyclic) bond motifs is 4. The highest BCUT2D eigenvalue weighted by Gasteiger charge is 2.57. The standard InChI is InChI=1S/C28H30FN6OPS/c1-5-20(29)27-23(14(6-30)21(31)12-38-27)13(2)22-19-11-36-10-18(19)15-7-32-28(33-24(15)26(22)37)35-8-16-17(9-35)25(16)34(3)4/h5,7,16-17,25H,2,8-12,31,37H2,1,3-4H3/b20-5+. The molecular formula is C28H30FN6OPS. The number of nitriles is 1. The maximum atomic E-state index is 15.1. The van der Waals surface area contributed by atoms with E-state index in [0.717, 1.165) is 51.9 Å². The lowest BCUT2D eigenvalue weighted by molar-refractivity contribution is 0.135. The Labute approximate surface area is 228 Å². The van der Waals surface area contributed by atoms with Crippen LogP contribution >= 0.6 is 21.0 Å². The van der Waals surface area contributed by atoms with Crippen molar-refractivity contribution in [2.45, 2.75) is 26.2 Å². The Morgan fingerprint density at radius 1 is 1.34 bits per heavy atom. The molecule has 1 saturated heterocycles. The molecule has 0 radical (unpaired) electrons. The Hall–Kier alpha value is -2.76. The number of nitrogens with zero attached hydrogens (tertiary/aromatic N) is 5. The molecule has 1 saturated carbocycles. The van der Waals surface area contributed by atoms with Crippen LogP contribution in [0, 0.1) is 23.2 Å². The van der Waals surface area contributed by atoms with Crippen molar-refractivity contribution in [3.63, 3.8) is 0 Å². The minimum Gasteiger partial charge on any atom is -0.400 e. The fraction of sp³-hybridized carbons (Fsp3) is 0.393. The van der Waals surface area contributed by atoms with E-state index in [2.05, 4.69) is 45.8 Å². The predicted octanol–water partition coefficient (Wildman–Crippen LogP) is 3.78. The summed E-state index contributed by atoms with van der Waals surface area (Å²) < 4.78 is 20.9. The summed E-state index contributed by atoms with van der Waals surface area (Å²) in [6.45, 7) is 8.77. The molecule has 0 bridgehead atoms. The molecule has 2 N–H and O–H groups in total. The van der Waals surface area contributed by atoms with Gasteiger partial charge in [-0.25, -0.2) is 14.4 Å². The molecule has 196 valence electrons. The maximum Gasteiger partial charge on any atom is 0.225 e. The average Bonchev–Trinajstić information content (AvgIpc) is 3.22. The maximum absolute atomic E-state index is 15.1. The number of nitrogens with two attached hydrogens (primary N) is 1. The number of benzene rings is 1. The molecule has 0 spiro atoms. The van der Waals surface area contributed by atoms with Crippen molar-refractivity contribution in [3.8, 4) is 6.07 Å². The summed E-state index contributed by atoms with van der Waals surface area (Å²) in [5.41, 5.74) is 11.5. The van der Waals surface area contributed by atoms with Crippen LogP contribution in [0.2, 0.25) is 0 Å². The Kier molecular flexibility index (Phi) is 6.35. The lowest BCUT2D eigenvalue weighted by Gasteiger charge is -2.25. The molecule has 10 heteroatoms. The van der Waals surface area contributed by atoms with Gasteiger partial charge in [-0.15, -0.1) is 21.0 Å². The second kappa shape index (κ2) is 9.46. The van der Waals surface area contributed by atoms with Crippen molar-refractivity contribution < 1.29 is 9.13 Å². The molecule has 1 aromatic heterocycles. The fourth-order valence-corrected chi connectivity index (χ4v) is 7.96. The molecule has 3 aliphatic heterocycles. The van der Waals surface area contributed by atoms with Gasteiger partial charge in [0.15, 0.2) is 0 Å². The van der Waals surface area contributed by atoms with Gasteiger partial charge >= 0.3 is 0 Å². The van der Waals surface area contributed by atoms with Crippen molar-refractivity contribution >= 4 is 48.7 Å². The molecule has 1 aliphatic carbocycles. The van der Waals surface area contributed by atoms with Gasteiger partial charge < -0.3 is 20.3 Å². The Bertz CT molecular complexity index is 1530. The summed E-state index contributed by atoms with van der Waals surface area (Å²) in [6.07, 6.45) is 3.31. The smallest absolute Gasteiger partial charge is 0.225 e. The highest BCUT2D eigenvalue weighted by Crippen LogP contribution is 2.49. The Balaban J connectivity index is 1.48. The summed E-state index contributed by atoms with van der Waals surface area (Å²) in [5, 5.41) is 11.8. The molecule has 1 aromatic carbocycles. The van der Waals surface area contributed by atoms with Crippen LogP contribution in [-0.2, 0) is 18.0 Å². The second-order valence-electron chi connectivity index (χ2n) is 10.5. The van der Waals surface area contributed by atoms with Gasteiger partial charge in [0.2, 0.25) is 5.95 Å². The number of thioether (sulfide) groups is 1. The number of aromatic nitrogens is 2. The molecule has 38 heavy (non-hydrogen) atoms. The van der Waals surface area contributed by atoms with Crippen LogP contribution in [0.5, 0.6) is 0 Å². The monoisotopic (exact) mass is 548 g/mol. The zero-order valence-electron chi connectivity index (χ0n) is 21.7. The van der Waals surface area contributed by atoms with E-state index >= 15 is 4.39 Å². The van der Waals surface area contributed by atoms with E-state index in [1.54, 1.807) is 6.92 Å². The van der Waals surface area contributed by atoms with Crippen LogP contribution < -0.4 is 15.9 Å². The van der Waals surface area contributed by atoms with Crippen LogP contribution in [0.3, 0.4) is 0 Å². The lowest BCUT2D eigenvalue weighted by atomic mass is 9.87. The van der Waals surface area contributed by atoms with Crippen molar-refractivity contribution in [2.75, 3.05) is 37.8 Å². The summed E-state index contributed by atoms with van der Waals surface area (Å²) >= 11 is 1.29. The topological polar surface area (TPSA) is 91.3 Å². The third-order valence-electron chi connectivity index (χ3n) is 8.17. The predicted molar refractivity (Wildman–Crippen MR) is 154 cm³/mol. The molecule has 3 unspecified atom stereocenters. The van der Waals surface area contributed by atoms with Crippen molar-refractivity contribution in [3.05, 3.63) is 63.1 Å². The molecular weight excluding hydrogens is 518 g/mol. The lowest BCUT2D eigenvalue weighted by Crippen LogP contribution is -2.31. The van der Waals surface area contributed by atoms with Crippen molar-refractivity contribution in [2.24, 2.45) is 17.6 Å². The normalized spacial score (nSPS) is 24.8. The van der Waals surface area contributed by atoms with Crippen LogP contribution in [0.25, 0.3) is 16.5 Å². The zero-order valence-corrected chi connectivity index (χ0v) is 23.7. The minimum absolute atomic E-state index is 0.271. The number of hydrogen-bond acceptors (Lipinski definition) is 8. The van der Waals surface area contributed by atoms with E-state index in [1.165, 1.54) is 17.8 Å². The third kappa shape index (κ3) is 3.81. The van der Waals surface area contributed by atoms with Crippen LogP contribution in [0.4, 0.5) is 10.3 Å². The van der Waals surface area contributed by atoms with E-state index in [9.17, 15) is 5.26 Å². The molecule has 0 amide bonds. The molecule has 3 atom stereocenters. The first-order valence-corrected chi connectivity index (χ1v) is 14.2. The first-order valence-electron chi connectivity index (χ1n) is 12.6. The fourth-order valence-electron chi connectivity index (χ4n) is 6.32. The summed E-state index contributed by atoms with van der Waals surface area (Å²) in [7, 11) is 7.11. The summed E-state index contributed by atoms with van der Waals surface area (Å²) in [6, 6.07) is 2.85. The summed E-state index contributed by atoms with van der Waals surface area (Å²) in [5.74, 6) is 1.99. The van der Waals surface area contributed by atoms with Gasteiger partial charge in [-0.2, -0.15) is 5.26 Å². The molecule has 4 heterocycles. The van der Waals surface area contributed by atoms with Gasteiger partial charge in [0, 0.05) is 53.0 Å². The van der Waals surface area contributed by atoms with E-state index in [1.807, 2.05) is 6.20 Å². The van der Waals surface area contributed by atoms with Crippen LogP contribution in [-0.4, -0.2) is 53.8 Å². The third-order valence-corrected chi connectivity index (χ3v) is 9.87. The van der Waals surface area contributed by atoms with E-state index in [-0.39, 0.29) is 5.57 Å². The van der Waals surface area contributed by atoms with Gasteiger partial charge in [-0.1, -0.05) is 12.7 Å². The van der Waals surface area contributed by atoms with Gasteiger partial charge in [0.25, 0.3) is 0 Å². The highest BCUT2D eigenvalue weighted by molar-refractivity contribution is 8.03. The van der Waals surface area contributed by atoms with E-state index in [0.29, 0.717) is 58.6 Å². The quantitative estimate of drug-likeness (QED) is 0.565. The number of ether oxygens (including phenoxy) is 1. The number of halogens is 1. The zero-order chi connectivity index (χ0) is 26.9. The Morgan fingerprint density at radius 2 is 2.05 bits per heavy atom. The van der Waals surface area contributed by atoms with Gasteiger partial charge in [0.05, 0.1) is 29.2 Å². The molecule has 7 nitrogen and oxygen atoms in total. The Morgan fingerprint density at radius 3 is 2.71 bits per heavy atom. The summed E-state index contributed by atoms with van der Waals surface area (Å²) in [4.78, 5) is 14.8. The van der Waals surface area contributed by atoms with Gasteiger partial charge in [0.1, 0.15) is 11.9 Å². The van der Waals surface area contributed by atoms with Gasteiger partial charge in [-0.3, -0.25) is 0 Å². The number of allylic oxidation sites excluding steroid dienone is 5. The first-order chi connectivity index (χ1) is 18.3. The molecule has 2 fully saturated rings. The van der Waals surface area contributed by atoms with Crippen molar-refractivity contribution in [1.82, 2.24) is 14.9 Å². The minimum atomic E-state index is -0.390. The number of anilines is 1. The van der Waals surface area contributed by atoms with Gasteiger partial charge in [-0.05, 0) is 55.1 Å². The molecule has 2 aromatic rings. The first kappa shape index (κ1) is 25.5. The van der Waals surface area contributed by atoms with E-state index < -0.39 is 5.83 Å². The van der Waals surface area contributed by atoms with E-state index in [4.69, 9.17) is 20.4 Å². The van der Waals surface area contributed by atoms with Crippen molar-refractivity contribution in [1.29, 1.82) is 5.26 Å². The molecule has 6 rings (SSSR count). The largest absolute Gasteiger partial charge is 0.400 e. The van der Waals surface area contributed by atoms with Crippen LogP contribution in [0.1, 0.15) is 23.6 Å². The average molecular weight is 549 g/mol. The van der Waals surface area contributed by atoms with Crippen LogP contribution in [0.15, 0.2) is 46.4 Å². The molecule has 4 aliphatic rings. The highest BCUT2D eigenvalue weighted by atomic mass is 32.2. The number of piperidine rings is 1. The second-order valence-corrected chi connectivity index (χ2v) is 12.0. The number of hydrogen-bond donors (Lipinski definition) is 1.